The van der Waals surface area contributed by atoms with Crippen molar-refractivity contribution in [1.29, 1.82) is 0 Å². The van der Waals surface area contributed by atoms with Crippen LogP contribution in [0.2, 0.25) is 0 Å². The monoisotopic (exact) mass is 136 g/mol. The molecule has 0 aromatic carbocycles. The van der Waals surface area contributed by atoms with E-state index in [1.807, 2.05) is 12.2 Å². The molecule has 0 bridgehead atoms. The van der Waals surface area contributed by atoms with Crippen molar-refractivity contribution in [3.8, 4) is 12.3 Å². The van der Waals surface area contributed by atoms with E-state index >= 15 is 0 Å². The van der Waals surface area contributed by atoms with E-state index in [2.05, 4.69) is 12.5 Å². The Balaban J connectivity index is 2.99. The summed E-state index contributed by atoms with van der Waals surface area (Å²) in [7, 11) is 0. The first kappa shape index (κ1) is 9.00. The fourth-order valence-electron chi connectivity index (χ4n) is 0.475. The summed E-state index contributed by atoms with van der Waals surface area (Å²) in [5.41, 5.74) is 0. The van der Waals surface area contributed by atoms with Gasteiger partial charge in [-0.2, -0.15) is 0 Å². The molecule has 0 aliphatic heterocycles. The van der Waals surface area contributed by atoms with Gasteiger partial charge in [0.25, 0.3) is 0 Å². The molecule has 1 heteroatoms. The highest BCUT2D eigenvalue weighted by Crippen LogP contribution is 1.84. The Morgan fingerprint density at radius 1 is 1.60 bits per heavy atom. The summed E-state index contributed by atoms with van der Waals surface area (Å²) < 4.78 is 5.01. The largest absolute Gasteiger partial charge is 0.368 e. The zero-order valence-electron chi connectivity index (χ0n) is 6.05. The number of ether oxygens (including phenoxy) is 1. The van der Waals surface area contributed by atoms with Crippen LogP contribution in [0.15, 0.2) is 24.8 Å². The highest BCUT2D eigenvalue weighted by atomic mass is 16.5. The van der Waals surface area contributed by atoms with E-state index in [1.54, 1.807) is 6.08 Å². The first-order valence-electron chi connectivity index (χ1n) is 3.20. The Bertz CT molecular complexity index is 139. The number of allylic oxidation sites excluding steroid dienone is 2. The minimum atomic E-state index is 0.405. The molecule has 0 aromatic rings. The van der Waals surface area contributed by atoms with E-state index in [-0.39, 0.29) is 0 Å². The number of hydrogen-bond donors (Lipinski definition) is 0. The zero-order valence-corrected chi connectivity index (χ0v) is 6.05. The maximum atomic E-state index is 5.01. The van der Waals surface area contributed by atoms with Gasteiger partial charge in [-0.3, -0.25) is 0 Å². The highest BCUT2D eigenvalue weighted by molar-refractivity contribution is 4.96. The molecule has 54 valence electrons. The molecule has 0 fully saturated rings. The fraction of sp³-hybridized carbons (Fsp3) is 0.333. The first-order valence-corrected chi connectivity index (χ1v) is 3.20. The molecular formula is C9H12O. The Kier molecular flexibility index (Phi) is 7.20. The van der Waals surface area contributed by atoms with Gasteiger partial charge in [-0.25, -0.2) is 0 Å². The lowest BCUT2D eigenvalue weighted by Crippen LogP contribution is -1.91. The van der Waals surface area contributed by atoms with Crippen LogP contribution in [0.4, 0.5) is 0 Å². The van der Waals surface area contributed by atoms with Crippen molar-refractivity contribution < 1.29 is 4.74 Å². The quantitative estimate of drug-likeness (QED) is 0.318. The average Bonchev–Trinajstić information content (AvgIpc) is 1.97. The molecule has 0 radical (unpaired) electrons. The van der Waals surface area contributed by atoms with Crippen molar-refractivity contribution in [2.75, 3.05) is 13.2 Å². The Hall–Kier alpha value is -1.00. The predicted octanol–water partition coefficient (Wildman–Crippen LogP) is 1.77. The van der Waals surface area contributed by atoms with Crippen LogP contribution >= 0.6 is 0 Å². The smallest absolute Gasteiger partial charge is 0.107 e. The molecular weight excluding hydrogens is 124 g/mol. The van der Waals surface area contributed by atoms with Gasteiger partial charge in [-0.15, -0.1) is 6.42 Å². The summed E-state index contributed by atoms with van der Waals surface area (Å²) >= 11 is 0. The maximum Gasteiger partial charge on any atom is 0.107 e. The normalized spacial score (nSPS) is 9.50. The first-order chi connectivity index (χ1) is 4.91. The summed E-state index contributed by atoms with van der Waals surface area (Å²) in [5, 5.41) is 0. The summed E-state index contributed by atoms with van der Waals surface area (Å²) in [6.45, 7) is 4.63. The highest BCUT2D eigenvalue weighted by Gasteiger charge is 1.78. The molecule has 0 heterocycles. The van der Waals surface area contributed by atoms with Gasteiger partial charge in [0, 0.05) is 0 Å². The molecule has 0 atom stereocenters. The van der Waals surface area contributed by atoms with Crippen molar-refractivity contribution in [3.05, 3.63) is 24.8 Å². The summed E-state index contributed by atoms with van der Waals surface area (Å²) in [6.07, 6.45) is 11.5. The van der Waals surface area contributed by atoms with Gasteiger partial charge >= 0.3 is 0 Å². The second-order valence-electron chi connectivity index (χ2n) is 1.71. The second-order valence-corrected chi connectivity index (χ2v) is 1.71. The van der Waals surface area contributed by atoms with Crippen molar-refractivity contribution >= 4 is 0 Å². The Morgan fingerprint density at radius 3 is 3.00 bits per heavy atom. The topological polar surface area (TPSA) is 9.23 Å². The molecule has 0 N–H and O–H groups in total. The SMILES string of the molecule is C#CCOCC/C=C/C=C. The lowest BCUT2D eigenvalue weighted by atomic mass is 10.4. The lowest BCUT2D eigenvalue weighted by Gasteiger charge is -1.93. The van der Waals surface area contributed by atoms with Crippen molar-refractivity contribution in [3.63, 3.8) is 0 Å². The third-order valence-electron chi connectivity index (χ3n) is 0.886. The van der Waals surface area contributed by atoms with Crippen LogP contribution in [0.25, 0.3) is 0 Å². The third-order valence-corrected chi connectivity index (χ3v) is 0.886. The average molecular weight is 136 g/mol. The fourth-order valence-corrected chi connectivity index (χ4v) is 0.475. The molecule has 0 saturated carbocycles. The van der Waals surface area contributed by atoms with E-state index in [9.17, 15) is 0 Å². The van der Waals surface area contributed by atoms with Crippen LogP contribution in [0, 0.1) is 12.3 Å². The van der Waals surface area contributed by atoms with Gasteiger partial charge in [0.2, 0.25) is 0 Å². The molecule has 0 amide bonds. The molecule has 0 aliphatic carbocycles. The minimum Gasteiger partial charge on any atom is -0.368 e. The van der Waals surface area contributed by atoms with Crippen molar-refractivity contribution in [2.24, 2.45) is 0 Å². The van der Waals surface area contributed by atoms with Crippen LogP contribution in [-0.4, -0.2) is 13.2 Å². The van der Waals surface area contributed by atoms with E-state index in [0.717, 1.165) is 6.42 Å². The van der Waals surface area contributed by atoms with Gasteiger partial charge in [0.15, 0.2) is 0 Å². The third kappa shape index (κ3) is 7.00. The summed E-state index contributed by atoms with van der Waals surface area (Å²) in [6, 6.07) is 0. The lowest BCUT2D eigenvalue weighted by molar-refractivity contribution is 0.172. The van der Waals surface area contributed by atoms with Gasteiger partial charge in [-0.05, 0) is 6.42 Å². The Morgan fingerprint density at radius 2 is 2.40 bits per heavy atom. The van der Waals surface area contributed by atoms with Gasteiger partial charge in [-0.1, -0.05) is 30.7 Å². The molecule has 0 rings (SSSR count). The molecule has 10 heavy (non-hydrogen) atoms. The van der Waals surface area contributed by atoms with Crippen LogP contribution in [0.3, 0.4) is 0 Å². The minimum absolute atomic E-state index is 0.405. The van der Waals surface area contributed by atoms with Crippen LogP contribution in [0.5, 0.6) is 0 Å². The van der Waals surface area contributed by atoms with Crippen molar-refractivity contribution in [2.45, 2.75) is 6.42 Å². The Labute approximate surface area is 62.4 Å². The van der Waals surface area contributed by atoms with E-state index < -0.39 is 0 Å². The molecule has 0 saturated heterocycles. The maximum absolute atomic E-state index is 5.01. The molecule has 0 aliphatic rings. The molecule has 0 spiro atoms. The van der Waals surface area contributed by atoms with E-state index in [4.69, 9.17) is 11.2 Å². The molecule has 1 nitrogen and oxygen atoms in total. The number of rotatable bonds is 5. The molecule has 0 unspecified atom stereocenters. The zero-order chi connectivity index (χ0) is 7.66. The van der Waals surface area contributed by atoms with Gasteiger partial charge in [0.1, 0.15) is 6.61 Å². The van der Waals surface area contributed by atoms with Crippen LogP contribution in [0.1, 0.15) is 6.42 Å². The van der Waals surface area contributed by atoms with Gasteiger partial charge < -0.3 is 4.74 Å². The van der Waals surface area contributed by atoms with Gasteiger partial charge in [0.05, 0.1) is 6.61 Å². The van der Waals surface area contributed by atoms with Crippen molar-refractivity contribution in [1.82, 2.24) is 0 Å². The summed E-state index contributed by atoms with van der Waals surface area (Å²) in [4.78, 5) is 0. The van der Waals surface area contributed by atoms with Crippen LogP contribution in [-0.2, 0) is 4.74 Å². The van der Waals surface area contributed by atoms with Crippen LogP contribution < -0.4 is 0 Å². The number of hydrogen-bond acceptors (Lipinski definition) is 1. The number of terminal acetylenes is 1. The predicted molar refractivity (Wildman–Crippen MR) is 43.6 cm³/mol. The standard InChI is InChI=1S/C9H12O/c1-3-5-6-7-9-10-8-4-2/h2-3,5-6H,1,7-9H2/b6-5+. The van der Waals surface area contributed by atoms with E-state index in [1.165, 1.54) is 0 Å². The second kappa shape index (κ2) is 8.00. The molecule has 0 aromatic heterocycles. The summed E-state index contributed by atoms with van der Waals surface area (Å²) in [5.74, 6) is 2.39. The van der Waals surface area contributed by atoms with E-state index in [0.29, 0.717) is 13.2 Å².